The maximum atomic E-state index is 12.2. The predicted octanol–water partition coefficient (Wildman–Crippen LogP) is 1.80. The third-order valence-electron chi connectivity index (χ3n) is 4.65. The Morgan fingerprint density at radius 2 is 2.05 bits per heavy atom. The fraction of sp³-hybridized carbons (Fsp3) is 0.353. The molecule has 1 spiro atoms. The van der Waals surface area contributed by atoms with Crippen molar-refractivity contribution in [2.24, 2.45) is 5.41 Å². The summed E-state index contributed by atoms with van der Waals surface area (Å²) in [7, 11) is 0. The predicted molar refractivity (Wildman–Crippen MR) is 82.3 cm³/mol. The minimum absolute atomic E-state index is 0.126. The van der Waals surface area contributed by atoms with Crippen LogP contribution in [0.1, 0.15) is 30.2 Å². The van der Waals surface area contributed by atoms with Gasteiger partial charge in [0.2, 0.25) is 5.43 Å². The molecule has 0 radical (unpaired) electrons. The van der Waals surface area contributed by atoms with Gasteiger partial charge >= 0.3 is 0 Å². The minimum Gasteiger partial charge on any atom is -0.483 e. The smallest absolute Gasteiger partial charge is 0.223 e. The zero-order chi connectivity index (χ0) is 15.2. The first-order chi connectivity index (χ1) is 10.7. The first kappa shape index (κ1) is 13.4. The summed E-state index contributed by atoms with van der Waals surface area (Å²) in [6, 6.07) is 11.2. The van der Waals surface area contributed by atoms with Crippen LogP contribution in [0.5, 0.6) is 5.75 Å². The molecule has 1 unspecified atom stereocenters. The largest absolute Gasteiger partial charge is 0.483 e. The standard InChI is InChI=1S/C17H18N2O3/c20-13-6-9-19-14(16(21)17(7-8-17)11-18-19)15(13)22-10-12-4-2-1-3-5-12/h1-6,9,16,18,21H,7-8,10-11H2. The lowest BCUT2D eigenvalue weighted by molar-refractivity contribution is 0.0747. The number of aliphatic hydroxyl groups excluding tert-OH is 1. The van der Waals surface area contributed by atoms with Gasteiger partial charge in [0.1, 0.15) is 18.4 Å². The number of ether oxygens (including phenoxy) is 1. The van der Waals surface area contributed by atoms with Gasteiger partial charge in [0.15, 0.2) is 5.75 Å². The Bertz CT molecular complexity index is 750. The first-order valence-electron chi connectivity index (χ1n) is 7.54. The van der Waals surface area contributed by atoms with E-state index in [2.05, 4.69) is 5.43 Å². The van der Waals surface area contributed by atoms with Crippen LogP contribution >= 0.6 is 0 Å². The molecule has 2 aromatic rings. The molecule has 2 aliphatic rings. The van der Waals surface area contributed by atoms with E-state index >= 15 is 0 Å². The van der Waals surface area contributed by atoms with Gasteiger partial charge < -0.3 is 15.3 Å². The maximum Gasteiger partial charge on any atom is 0.223 e. The Balaban J connectivity index is 1.69. The van der Waals surface area contributed by atoms with Crippen molar-refractivity contribution in [1.82, 2.24) is 4.68 Å². The number of pyridine rings is 1. The third-order valence-corrected chi connectivity index (χ3v) is 4.65. The Morgan fingerprint density at radius 1 is 1.27 bits per heavy atom. The van der Waals surface area contributed by atoms with Gasteiger partial charge in [-0.2, -0.15) is 0 Å². The van der Waals surface area contributed by atoms with E-state index in [1.54, 1.807) is 10.9 Å². The summed E-state index contributed by atoms with van der Waals surface area (Å²) in [4.78, 5) is 12.2. The number of nitrogens with one attached hydrogen (secondary N) is 1. The molecule has 5 nitrogen and oxygen atoms in total. The highest BCUT2D eigenvalue weighted by Crippen LogP contribution is 2.56. The molecule has 114 valence electrons. The Hall–Kier alpha value is -2.27. The SMILES string of the molecule is O=c1ccn2c(c1OCc1ccccc1)C(O)C1(CC1)CN2. The van der Waals surface area contributed by atoms with Crippen molar-refractivity contribution >= 4 is 0 Å². The Morgan fingerprint density at radius 3 is 2.77 bits per heavy atom. The van der Waals surface area contributed by atoms with Gasteiger partial charge in [-0.1, -0.05) is 30.3 Å². The molecule has 1 aromatic heterocycles. The normalized spacial score (nSPS) is 21.0. The van der Waals surface area contributed by atoms with Crippen molar-refractivity contribution in [2.75, 3.05) is 12.0 Å². The first-order valence-corrected chi connectivity index (χ1v) is 7.54. The fourth-order valence-corrected chi connectivity index (χ4v) is 3.04. The van der Waals surface area contributed by atoms with Crippen molar-refractivity contribution in [1.29, 1.82) is 0 Å². The van der Waals surface area contributed by atoms with Crippen LogP contribution in [0.3, 0.4) is 0 Å². The van der Waals surface area contributed by atoms with Crippen LogP contribution in [0.4, 0.5) is 0 Å². The molecule has 1 aromatic carbocycles. The summed E-state index contributed by atoms with van der Waals surface area (Å²) in [6.45, 7) is 1.04. The fourth-order valence-electron chi connectivity index (χ4n) is 3.04. The number of hydrogen-bond donors (Lipinski definition) is 2. The zero-order valence-electron chi connectivity index (χ0n) is 12.2. The highest BCUT2D eigenvalue weighted by atomic mass is 16.5. The molecule has 2 heterocycles. The number of benzene rings is 1. The summed E-state index contributed by atoms with van der Waals surface area (Å²) in [5.74, 6) is 0.248. The van der Waals surface area contributed by atoms with E-state index in [0.29, 0.717) is 12.3 Å². The summed E-state index contributed by atoms with van der Waals surface area (Å²) < 4.78 is 7.50. The van der Waals surface area contributed by atoms with Gasteiger partial charge in [-0.05, 0) is 18.4 Å². The Labute approximate surface area is 128 Å². The average molecular weight is 298 g/mol. The van der Waals surface area contributed by atoms with Crippen LogP contribution in [0, 0.1) is 5.41 Å². The highest BCUT2D eigenvalue weighted by molar-refractivity contribution is 5.36. The van der Waals surface area contributed by atoms with Crippen LogP contribution in [0.2, 0.25) is 0 Å². The van der Waals surface area contributed by atoms with E-state index in [9.17, 15) is 9.90 Å². The van der Waals surface area contributed by atoms with E-state index < -0.39 is 6.10 Å². The highest BCUT2D eigenvalue weighted by Gasteiger charge is 2.53. The van der Waals surface area contributed by atoms with Crippen LogP contribution in [0.15, 0.2) is 47.4 Å². The minimum atomic E-state index is -0.659. The molecule has 1 aliphatic carbocycles. The van der Waals surface area contributed by atoms with E-state index in [-0.39, 0.29) is 16.6 Å². The summed E-state index contributed by atoms with van der Waals surface area (Å²) in [5.41, 5.74) is 4.47. The molecule has 2 N–H and O–H groups in total. The molecule has 0 bridgehead atoms. The van der Waals surface area contributed by atoms with Gasteiger partial charge in [0, 0.05) is 24.2 Å². The summed E-state index contributed by atoms with van der Waals surface area (Å²) >= 11 is 0. The quantitative estimate of drug-likeness (QED) is 0.907. The molecule has 1 fully saturated rings. The van der Waals surface area contributed by atoms with Crippen molar-refractivity contribution in [3.63, 3.8) is 0 Å². The van der Waals surface area contributed by atoms with Gasteiger partial charge in [0.05, 0.1) is 0 Å². The molecule has 1 saturated carbocycles. The molecule has 0 amide bonds. The topological polar surface area (TPSA) is 63.5 Å². The van der Waals surface area contributed by atoms with E-state index in [0.717, 1.165) is 24.9 Å². The van der Waals surface area contributed by atoms with Crippen molar-refractivity contribution < 1.29 is 9.84 Å². The van der Waals surface area contributed by atoms with E-state index in [1.165, 1.54) is 6.07 Å². The molecular formula is C17H18N2O3. The van der Waals surface area contributed by atoms with Gasteiger partial charge in [-0.15, -0.1) is 0 Å². The average Bonchev–Trinajstić information content (AvgIpc) is 3.32. The van der Waals surface area contributed by atoms with E-state index in [4.69, 9.17) is 4.74 Å². The molecular weight excluding hydrogens is 280 g/mol. The van der Waals surface area contributed by atoms with Crippen LogP contribution < -0.4 is 15.6 Å². The van der Waals surface area contributed by atoms with Gasteiger partial charge in [-0.3, -0.25) is 9.47 Å². The maximum absolute atomic E-state index is 12.2. The van der Waals surface area contributed by atoms with Crippen LogP contribution in [-0.2, 0) is 6.61 Å². The number of nitrogens with zero attached hydrogens (tertiary/aromatic N) is 1. The molecule has 1 aliphatic heterocycles. The van der Waals surface area contributed by atoms with Crippen molar-refractivity contribution in [3.8, 4) is 5.75 Å². The number of rotatable bonds is 3. The second kappa shape index (κ2) is 4.88. The number of aromatic nitrogens is 1. The van der Waals surface area contributed by atoms with Crippen LogP contribution in [-0.4, -0.2) is 16.3 Å². The molecule has 4 rings (SSSR count). The number of hydrogen-bond acceptors (Lipinski definition) is 4. The van der Waals surface area contributed by atoms with Gasteiger partial charge in [-0.25, -0.2) is 0 Å². The lowest BCUT2D eigenvalue weighted by atomic mass is 9.94. The lowest BCUT2D eigenvalue weighted by Crippen LogP contribution is -2.39. The summed E-state index contributed by atoms with van der Waals surface area (Å²) in [6.07, 6.45) is 2.95. The molecule has 22 heavy (non-hydrogen) atoms. The molecule has 5 heteroatoms. The third kappa shape index (κ3) is 2.09. The number of aliphatic hydroxyl groups is 1. The Kier molecular flexibility index (Phi) is 2.97. The van der Waals surface area contributed by atoms with Crippen molar-refractivity contribution in [2.45, 2.75) is 25.6 Å². The monoisotopic (exact) mass is 298 g/mol. The second-order valence-corrected chi connectivity index (χ2v) is 6.14. The molecule has 1 atom stereocenters. The second-order valence-electron chi connectivity index (χ2n) is 6.14. The lowest BCUT2D eigenvalue weighted by Gasteiger charge is -2.33. The van der Waals surface area contributed by atoms with E-state index in [1.807, 2.05) is 30.3 Å². The van der Waals surface area contributed by atoms with Crippen LogP contribution in [0.25, 0.3) is 0 Å². The zero-order valence-corrected chi connectivity index (χ0v) is 12.2. The number of fused-ring (bicyclic) bond motifs is 1. The molecule has 0 saturated heterocycles. The summed E-state index contributed by atoms with van der Waals surface area (Å²) in [5, 5.41) is 10.7. The van der Waals surface area contributed by atoms with Crippen molar-refractivity contribution in [3.05, 3.63) is 64.1 Å². The van der Waals surface area contributed by atoms with Gasteiger partial charge in [0.25, 0.3) is 0 Å².